The number of H-pyrrole nitrogens is 1. The highest BCUT2D eigenvalue weighted by Crippen LogP contribution is 2.23. The summed E-state index contributed by atoms with van der Waals surface area (Å²) in [5.41, 5.74) is 0.942. The topological polar surface area (TPSA) is 51.4 Å². The molecule has 0 amide bonds. The first kappa shape index (κ1) is 16.1. The Bertz CT molecular complexity index is 683. The number of methoxy groups -OCH3 is 2. The van der Waals surface area contributed by atoms with E-state index in [-0.39, 0.29) is 0 Å². The van der Waals surface area contributed by atoms with Gasteiger partial charge in [0.15, 0.2) is 0 Å². The summed E-state index contributed by atoms with van der Waals surface area (Å²) in [6, 6.07) is 11.9. The molecule has 1 aromatic heterocycles. The molecule has 0 aliphatic carbocycles. The molecule has 1 aliphatic heterocycles. The fourth-order valence-corrected chi connectivity index (χ4v) is 2.70. The Morgan fingerprint density at radius 3 is 2.54 bits per heavy atom. The molecule has 1 aliphatic rings. The van der Waals surface area contributed by atoms with Crippen molar-refractivity contribution in [3.05, 3.63) is 48.2 Å². The van der Waals surface area contributed by atoms with E-state index in [0.29, 0.717) is 0 Å². The maximum Gasteiger partial charge on any atom is 0.274 e. The molecule has 0 unspecified atom stereocenters. The van der Waals surface area contributed by atoms with Gasteiger partial charge in [-0.3, -0.25) is 9.91 Å². The second kappa shape index (κ2) is 7.68. The lowest BCUT2D eigenvalue weighted by Gasteiger charge is -2.28. The molecule has 6 heteroatoms. The van der Waals surface area contributed by atoms with E-state index in [9.17, 15) is 0 Å². The van der Waals surface area contributed by atoms with Crippen LogP contribution in [0.2, 0.25) is 0 Å². The van der Waals surface area contributed by atoms with Crippen LogP contribution in [0.25, 0.3) is 0 Å². The number of aromatic amines is 1. The van der Waals surface area contributed by atoms with Crippen molar-refractivity contribution in [1.29, 1.82) is 0 Å². The van der Waals surface area contributed by atoms with Crippen LogP contribution in [0.4, 0.5) is 5.82 Å². The number of ether oxygens (including phenoxy) is 2. The SMILES string of the molecule is COc1ccc(/C=N/N2CCN(c3cccc[nH+]3)CC2)c(OC)c1. The number of piperazine rings is 1. The van der Waals surface area contributed by atoms with Crippen molar-refractivity contribution in [3.8, 4) is 11.5 Å². The third-order valence-corrected chi connectivity index (χ3v) is 4.09. The molecule has 24 heavy (non-hydrogen) atoms. The van der Waals surface area contributed by atoms with Crippen LogP contribution < -0.4 is 19.4 Å². The Morgan fingerprint density at radius 2 is 1.88 bits per heavy atom. The van der Waals surface area contributed by atoms with Crippen LogP contribution in [0, 0.1) is 0 Å². The molecule has 2 aromatic rings. The highest BCUT2D eigenvalue weighted by atomic mass is 16.5. The summed E-state index contributed by atoms with van der Waals surface area (Å²) in [6.45, 7) is 3.66. The van der Waals surface area contributed by atoms with E-state index in [1.807, 2.05) is 42.7 Å². The van der Waals surface area contributed by atoms with Gasteiger partial charge in [-0.2, -0.15) is 5.10 Å². The molecule has 2 heterocycles. The summed E-state index contributed by atoms with van der Waals surface area (Å²) >= 11 is 0. The Labute approximate surface area is 142 Å². The highest BCUT2D eigenvalue weighted by molar-refractivity contribution is 5.83. The lowest BCUT2D eigenvalue weighted by Crippen LogP contribution is -2.45. The van der Waals surface area contributed by atoms with Crippen molar-refractivity contribution >= 4 is 12.0 Å². The third-order valence-electron chi connectivity index (χ3n) is 4.09. The summed E-state index contributed by atoms with van der Waals surface area (Å²) in [6.07, 6.45) is 3.80. The average molecular weight is 327 g/mol. The molecule has 0 atom stereocenters. The van der Waals surface area contributed by atoms with Gasteiger partial charge in [-0.25, -0.2) is 4.98 Å². The van der Waals surface area contributed by atoms with Gasteiger partial charge in [0.1, 0.15) is 24.6 Å². The quantitative estimate of drug-likeness (QED) is 0.784. The summed E-state index contributed by atoms with van der Waals surface area (Å²) < 4.78 is 10.6. The molecule has 1 fully saturated rings. The molecule has 1 aromatic carbocycles. The first-order valence-corrected chi connectivity index (χ1v) is 8.03. The smallest absolute Gasteiger partial charge is 0.274 e. The molecule has 1 N–H and O–H groups in total. The second-order valence-electron chi connectivity index (χ2n) is 5.54. The van der Waals surface area contributed by atoms with Crippen molar-refractivity contribution in [3.63, 3.8) is 0 Å². The van der Waals surface area contributed by atoms with E-state index in [0.717, 1.165) is 49.1 Å². The van der Waals surface area contributed by atoms with Gasteiger partial charge in [-0.15, -0.1) is 0 Å². The number of nitrogens with one attached hydrogen (secondary N) is 1. The zero-order chi connectivity index (χ0) is 16.8. The number of anilines is 1. The molecule has 0 bridgehead atoms. The number of hydrogen-bond donors (Lipinski definition) is 0. The Balaban J connectivity index is 1.61. The first-order chi connectivity index (χ1) is 11.8. The largest absolute Gasteiger partial charge is 0.497 e. The number of nitrogens with zero attached hydrogens (tertiary/aromatic N) is 3. The Morgan fingerprint density at radius 1 is 1.04 bits per heavy atom. The van der Waals surface area contributed by atoms with E-state index in [1.165, 1.54) is 0 Å². The minimum Gasteiger partial charge on any atom is -0.497 e. The normalized spacial score (nSPS) is 14.9. The minimum absolute atomic E-state index is 0.760. The van der Waals surface area contributed by atoms with E-state index in [1.54, 1.807) is 14.2 Å². The predicted molar refractivity (Wildman–Crippen MR) is 93.9 cm³/mol. The van der Waals surface area contributed by atoms with Crippen LogP contribution >= 0.6 is 0 Å². The zero-order valence-corrected chi connectivity index (χ0v) is 14.1. The minimum atomic E-state index is 0.760. The van der Waals surface area contributed by atoms with Crippen LogP contribution in [0.1, 0.15) is 5.56 Å². The summed E-state index contributed by atoms with van der Waals surface area (Å²) in [4.78, 5) is 5.61. The van der Waals surface area contributed by atoms with Crippen LogP contribution in [0.15, 0.2) is 47.7 Å². The molecular formula is C18H23N4O2+. The van der Waals surface area contributed by atoms with Crippen LogP contribution in [0.5, 0.6) is 11.5 Å². The second-order valence-corrected chi connectivity index (χ2v) is 5.54. The maximum absolute atomic E-state index is 5.40. The molecule has 0 saturated carbocycles. The lowest BCUT2D eigenvalue weighted by molar-refractivity contribution is -0.364. The number of benzene rings is 1. The molecule has 6 nitrogen and oxygen atoms in total. The lowest BCUT2D eigenvalue weighted by atomic mass is 10.2. The van der Waals surface area contributed by atoms with Crippen molar-refractivity contribution in [2.75, 3.05) is 45.3 Å². The van der Waals surface area contributed by atoms with Crippen molar-refractivity contribution < 1.29 is 14.5 Å². The zero-order valence-electron chi connectivity index (χ0n) is 14.1. The summed E-state index contributed by atoms with van der Waals surface area (Å²) in [7, 11) is 3.30. The molecule has 0 spiro atoms. The van der Waals surface area contributed by atoms with E-state index in [4.69, 9.17) is 9.47 Å². The average Bonchev–Trinajstić information content (AvgIpc) is 2.67. The van der Waals surface area contributed by atoms with Gasteiger partial charge in [-0.05, 0) is 18.2 Å². The highest BCUT2D eigenvalue weighted by Gasteiger charge is 2.21. The van der Waals surface area contributed by atoms with Gasteiger partial charge in [0.2, 0.25) is 0 Å². The van der Waals surface area contributed by atoms with Crippen LogP contribution in [-0.2, 0) is 0 Å². The number of rotatable bonds is 5. The van der Waals surface area contributed by atoms with Crippen molar-refractivity contribution in [1.82, 2.24) is 5.01 Å². The van der Waals surface area contributed by atoms with Crippen LogP contribution in [-0.4, -0.2) is 51.6 Å². The van der Waals surface area contributed by atoms with Gasteiger partial charge in [0.05, 0.1) is 39.7 Å². The first-order valence-electron chi connectivity index (χ1n) is 8.03. The molecule has 3 rings (SSSR count). The Hall–Kier alpha value is -2.76. The van der Waals surface area contributed by atoms with Crippen molar-refractivity contribution in [2.45, 2.75) is 0 Å². The molecule has 0 radical (unpaired) electrons. The number of aromatic nitrogens is 1. The van der Waals surface area contributed by atoms with Gasteiger partial charge in [-0.1, -0.05) is 6.07 Å². The van der Waals surface area contributed by atoms with Gasteiger partial charge < -0.3 is 9.47 Å². The number of pyridine rings is 1. The Kier molecular flexibility index (Phi) is 5.15. The van der Waals surface area contributed by atoms with E-state index in [2.05, 4.69) is 26.1 Å². The predicted octanol–water partition coefficient (Wildman–Crippen LogP) is 1.67. The third kappa shape index (κ3) is 3.76. The number of hydrogen-bond acceptors (Lipinski definition) is 5. The van der Waals surface area contributed by atoms with Gasteiger partial charge in [0, 0.05) is 17.7 Å². The summed E-state index contributed by atoms with van der Waals surface area (Å²) in [5.74, 6) is 2.69. The molecule has 126 valence electrons. The number of hydrazone groups is 1. The summed E-state index contributed by atoms with van der Waals surface area (Å²) in [5, 5.41) is 6.68. The van der Waals surface area contributed by atoms with E-state index >= 15 is 0 Å². The van der Waals surface area contributed by atoms with E-state index < -0.39 is 0 Å². The van der Waals surface area contributed by atoms with Gasteiger partial charge >= 0.3 is 0 Å². The van der Waals surface area contributed by atoms with Gasteiger partial charge in [0.25, 0.3) is 5.82 Å². The maximum atomic E-state index is 5.40. The standard InChI is InChI=1S/C18H22N4O2/c1-23-16-7-6-15(17(13-16)24-2)14-20-22-11-9-21(10-12-22)18-5-3-4-8-19-18/h3-8,13-14H,9-12H2,1-2H3/p+1/b20-14+. The molecular weight excluding hydrogens is 304 g/mol. The molecule has 1 saturated heterocycles. The fourth-order valence-electron chi connectivity index (χ4n) is 2.70. The van der Waals surface area contributed by atoms with Crippen LogP contribution in [0.3, 0.4) is 0 Å². The van der Waals surface area contributed by atoms with Crippen molar-refractivity contribution in [2.24, 2.45) is 5.10 Å². The monoisotopic (exact) mass is 327 g/mol. The fraction of sp³-hybridized carbons (Fsp3) is 0.333.